The lowest BCUT2D eigenvalue weighted by atomic mass is 10.1. The fourth-order valence-corrected chi connectivity index (χ4v) is 2.59. The van der Waals surface area contributed by atoms with Crippen LogP contribution < -0.4 is 5.32 Å². The van der Waals surface area contributed by atoms with Crippen LogP contribution in [0.4, 0.5) is 5.95 Å². The molecule has 1 aromatic carbocycles. The zero-order chi connectivity index (χ0) is 15.0. The number of hydrogen-bond acceptors (Lipinski definition) is 4. The molecule has 0 saturated heterocycles. The van der Waals surface area contributed by atoms with Crippen molar-refractivity contribution in [3.8, 4) is 5.82 Å². The van der Waals surface area contributed by atoms with Crippen LogP contribution in [-0.2, 0) is 0 Å². The number of halogens is 1. The van der Waals surface area contributed by atoms with Crippen molar-refractivity contribution < 1.29 is 0 Å². The minimum Gasteiger partial charge on any atom is -0.354 e. The Morgan fingerprint density at radius 3 is 2.71 bits per heavy atom. The Morgan fingerprint density at radius 2 is 1.95 bits per heavy atom. The van der Waals surface area contributed by atoms with Gasteiger partial charge in [0.25, 0.3) is 0 Å². The first-order valence-electron chi connectivity index (χ1n) is 6.81. The molecule has 21 heavy (non-hydrogen) atoms. The van der Waals surface area contributed by atoms with Gasteiger partial charge in [0.05, 0.1) is 15.5 Å². The van der Waals surface area contributed by atoms with E-state index in [0.717, 1.165) is 27.9 Å². The number of nitrogens with one attached hydrogen (secondary N) is 1. The molecule has 0 unspecified atom stereocenters. The van der Waals surface area contributed by atoms with Crippen molar-refractivity contribution in [3.63, 3.8) is 0 Å². The summed E-state index contributed by atoms with van der Waals surface area (Å²) >= 11 is 3.52. The van der Waals surface area contributed by atoms with Crippen LogP contribution in [0.5, 0.6) is 0 Å². The molecule has 2 aromatic heterocycles. The molecule has 0 aliphatic rings. The Kier molecular flexibility index (Phi) is 3.63. The molecule has 0 radical (unpaired) electrons. The summed E-state index contributed by atoms with van der Waals surface area (Å²) in [4.78, 5) is 13.3. The lowest BCUT2D eigenvalue weighted by Gasteiger charge is -2.09. The normalized spacial score (nSPS) is 11.0. The molecule has 0 aliphatic carbocycles. The van der Waals surface area contributed by atoms with E-state index in [9.17, 15) is 0 Å². The van der Waals surface area contributed by atoms with Gasteiger partial charge in [-0.25, -0.2) is 9.97 Å². The highest BCUT2D eigenvalue weighted by molar-refractivity contribution is 9.10. The molecule has 6 heteroatoms. The number of benzene rings is 1. The van der Waals surface area contributed by atoms with Gasteiger partial charge in [-0.3, -0.25) is 4.57 Å². The van der Waals surface area contributed by atoms with E-state index in [2.05, 4.69) is 62.2 Å². The third-order valence-electron chi connectivity index (χ3n) is 3.45. The molecule has 0 spiro atoms. The molecule has 0 amide bonds. The molecular weight excluding hydrogens is 330 g/mol. The zero-order valence-corrected chi connectivity index (χ0v) is 13.8. The number of aromatic nitrogens is 4. The second-order valence-electron chi connectivity index (χ2n) is 4.94. The summed E-state index contributed by atoms with van der Waals surface area (Å²) < 4.78 is 2.82. The van der Waals surface area contributed by atoms with Crippen LogP contribution in [0.15, 0.2) is 29.1 Å². The predicted octanol–water partition coefficient (Wildman–Crippen LogP) is 3.63. The van der Waals surface area contributed by atoms with Crippen LogP contribution in [0, 0.1) is 13.8 Å². The molecule has 1 N–H and O–H groups in total. The number of hydrogen-bond donors (Lipinski definition) is 1. The van der Waals surface area contributed by atoms with Crippen LogP contribution in [0.3, 0.4) is 0 Å². The average Bonchev–Trinajstić information content (AvgIpc) is 2.84. The van der Waals surface area contributed by atoms with E-state index in [1.165, 1.54) is 11.1 Å². The molecular formula is C15H16BrN5. The standard InChI is InChI=1S/C15H16BrN5/c1-4-17-15-18-7-11(16)14(20-15)21-8-19-12-5-9(2)10(3)6-13(12)21/h5-8H,4H2,1-3H3,(H,17,18,20). The summed E-state index contributed by atoms with van der Waals surface area (Å²) in [5, 5.41) is 3.13. The minimum absolute atomic E-state index is 0.612. The molecule has 3 aromatic rings. The second kappa shape index (κ2) is 5.44. The Hall–Kier alpha value is -1.95. The van der Waals surface area contributed by atoms with Gasteiger partial charge in [0.1, 0.15) is 6.33 Å². The SMILES string of the molecule is CCNc1ncc(Br)c(-n2cnc3cc(C)c(C)cc32)n1. The fourth-order valence-electron chi connectivity index (χ4n) is 2.20. The summed E-state index contributed by atoms with van der Waals surface area (Å²) in [5.74, 6) is 1.40. The summed E-state index contributed by atoms with van der Waals surface area (Å²) in [6, 6.07) is 4.24. The number of fused-ring (bicyclic) bond motifs is 1. The van der Waals surface area contributed by atoms with E-state index in [4.69, 9.17) is 0 Å². The maximum Gasteiger partial charge on any atom is 0.224 e. The van der Waals surface area contributed by atoms with Gasteiger partial charge in [-0.05, 0) is 60.0 Å². The maximum absolute atomic E-state index is 4.56. The second-order valence-corrected chi connectivity index (χ2v) is 5.79. The van der Waals surface area contributed by atoms with Crippen LogP contribution in [-0.4, -0.2) is 26.1 Å². The highest BCUT2D eigenvalue weighted by Crippen LogP contribution is 2.25. The van der Waals surface area contributed by atoms with E-state index in [1.54, 1.807) is 12.5 Å². The van der Waals surface area contributed by atoms with Gasteiger partial charge in [-0.1, -0.05) is 0 Å². The van der Waals surface area contributed by atoms with Crippen molar-refractivity contribution in [3.05, 3.63) is 40.3 Å². The van der Waals surface area contributed by atoms with Gasteiger partial charge < -0.3 is 5.32 Å². The van der Waals surface area contributed by atoms with Gasteiger partial charge in [0.2, 0.25) is 5.95 Å². The first kappa shape index (κ1) is 14.0. The summed E-state index contributed by atoms with van der Waals surface area (Å²) in [6.45, 7) is 7.00. The van der Waals surface area contributed by atoms with Crippen molar-refractivity contribution in [1.29, 1.82) is 0 Å². The van der Waals surface area contributed by atoms with E-state index >= 15 is 0 Å². The Labute approximate surface area is 131 Å². The van der Waals surface area contributed by atoms with Crippen LogP contribution in [0.2, 0.25) is 0 Å². The van der Waals surface area contributed by atoms with E-state index in [0.29, 0.717) is 5.95 Å². The van der Waals surface area contributed by atoms with Crippen LogP contribution >= 0.6 is 15.9 Å². The molecule has 0 fully saturated rings. The third-order valence-corrected chi connectivity index (χ3v) is 4.01. The van der Waals surface area contributed by atoms with Crippen molar-refractivity contribution in [2.45, 2.75) is 20.8 Å². The van der Waals surface area contributed by atoms with Gasteiger partial charge in [-0.15, -0.1) is 0 Å². The zero-order valence-electron chi connectivity index (χ0n) is 12.2. The smallest absolute Gasteiger partial charge is 0.224 e. The van der Waals surface area contributed by atoms with Gasteiger partial charge in [-0.2, -0.15) is 4.98 Å². The molecule has 0 atom stereocenters. The van der Waals surface area contributed by atoms with E-state index < -0.39 is 0 Å². The number of anilines is 1. The number of aryl methyl sites for hydroxylation is 2. The van der Waals surface area contributed by atoms with Gasteiger partial charge >= 0.3 is 0 Å². The molecule has 0 saturated carbocycles. The third kappa shape index (κ3) is 2.51. The Balaban J connectivity index is 2.20. The van der Waals surface area contributed by atoms with Crippen molar-refractivity contribution in [2.24, 2.45) is 0 Å². The topological polar surface area (TPSA) is 55.6 Å². The average molecular weight is 346 g/mol. The first-order valence-corrected chi connectivity index (χ1v) is 7.60. The summed E-state index contributed by atoms with van der Waals surface area (Å²) in [5.41, 5.74) is 4.48. The van der Waals surface area contributed by atoms with Crippen LogP contribution in [0.1, 0.15) is 18.1 Å². The molecule has 2 heterocycles. The number of rotatable bonds is 3. The first-order chi connectivity index (χ1) is 10.1. The fraction of sp³-hybridized carbons (Fsp3) is 0.267. The lowest BCUT2D eigenvalue weighted by Crippen LogP contribution is -2.06. The van der Waals surface area contributed by atoms with E-state index in [1.807, 2.05) is 11.5 Å². The molecule has 3 rings (SSSR count). The monoisotopic (exact) mass is 345 g/mol. The Bertz CT molecular complexity index is 809. The maximum atomic E-state index is 4.56. The molecule has 108 valence electrons. The van der Waals surface area contributed by atoms with Crippen molar-refractivity contribution in [2.75, 3.05) is 11.9 Å². The highest BCUT2D eigenvalue weighted by Gasteiger charge is 2.12. The molecule has 0 bridgehead atoms. The number of imidazole rings is 1. The largest absolute Gasteiger partial charge is 0.354 e. The van der Waals surface area contributed by atoms with Gasteiger partial charge in [0, 0.05) is 12.7 Å². The number of nitrogens with zero attached hydrogens (tertiary/aromatic N) is 4. The van der Waals surface area contributed by atoms with Crippen LogP contribution in [0.25, 0.3) is 16.9 Å². The summed E-state index contributed by atoms with van der Waals surface area (Å²) in [7, 11) is 0. The Morgan fingerprint density at radius 1 is 1.19 bits per heavy atom. The van der Waals surface area contributed by atoms with E-state index in [-0.39, 0.29) is 0 Å². The lowest BCUT2D eigenvalue weighted by molar-refractivity contribution is 0.973. The molecule has 0 aliphatic heterocycles. The summed E-state index contributed by atoms with van der Waals surface area (Å²) in [6.07, 6.45) is 3.56. The minimum atomic E-state index is 0.612. The highest BCUT2D eigenvalue weighted by atomic mass is 79.9. The quantitative estimate of drug-likeness (QED) is 0.787. The molecule has 5 nitrogen and oxygen atoms in total. The predicted molar refractivity (Wildman–Crippen MR) is 88.0 cm³/mol. The van der Waals surface area contributed by atoms with Gasteiger partial charge in [0.15, 0.2) is 5.82 Å². The van der Waals surface area contributed by atoms with Crippen molar-refractivity contribution in [1.82, 2.24) is 19.5 Å². The van der Waals surface area contributed by atoms with Crippen molar-refractivity contribution >= 4 is 32.9 Å².